The number of halogens is 1. The highest BCUT2D eigenvalue weighted by molar-refractivity contribution is 7.52. The lowest BCUT2D eigenvalue weighted by atomic mass is 9.95. The normalized spacial score (nSPS) is 29.4. The second-order valence-electron chi connectivity index (χ2n) is 10.1. The Morgan fingerprint density at radius 2 is 1.93 bits per heavy atom. The number of esters is 1. The van der Waals surface area contributed by atoms with Crippen molar-refractivity contribution in [2.75, 3.05) is 6.61 Å². The van der Waals surface area contributed by atoms with Gasteiger partial charge in [-0.1, -0.05) is 24.6 Å². The van der Waals surface area contributed by atoms with Crippen LogP contribution in [0.4, 0.5) is 4.39 Å². The van der Waals surface area contributed by atoms with E-state index in [1.54, 1.807) is 18.2 Å². The Balaban J connectivity index is 1.53. The summed E-state index contributed by atoms with van der Waals surface area (Å²) in [5.41, 5.74) is -4.16. The summed E-state index contributed by atoms with van der Waals surface area (Å²) in [6.45, 7) is 1.15. The largest absolute Gasteiger partial charge is 0.461 e. The third-order valence-electron chi connectivity index (χ3n) is 6.81. The number of H-pyrrole nitrogens is 1. The van der Waals surface area contributed by atoms with Crippen molar-refractivity contribution in [1.29, 1.82) is 0 Å². The minimum atomic E-state index is -4.56. The third kappa shape index (κ3) is 6.70. The van der Waals surface area contributed by atoms with E-state index in [1.807, 2.05) is 4.98 Å². The molecule has 13 nitrogen and oxygen atoms in total. The van der Waals surface area contributed by atoms with Crippen molar-refractivity contribution in [2.24, 2.45) is 0 Å². The van der Waals surface area contributed by atoms with E-state index >= 15 is 4.39 Å². The van der Waals surface area contributed by atoms with Crippen molar-refractivity contribution < 1.29 is 42.5 Å². The van der Waals surface area contributed by atoms with Gasteiger partial charge < -0.3 is 24.2 Å². The number of rotatable bonds is 10. The number of alkyl halides is 1. The molecule has 2 fully saturated rings. The van der Waals surface area contributed by atoms with E-state index in [1.165, 1.54) is 19.1 Å². The molecule has 40 heavy (non-hydrogen) atoms. The third-order valence-corrected chi connectivity index (χ3v) is 8.44. The number of carbonyl (C=O) groups excluding carboxylic acids is 1. The first-order valence-corrected chi connectivity index (χ1v) is 14.4. The number of aliphatic hydroxyl groups is 2. The number of nitrogens with zero attached hydrogens (tertiary/aromatic N) is 1. The molecular formula is C25H33FN3O10P. The van der Waals surface area contributed by atoms with Crippen molar-refractivity contribution in [1.82, 2.24) is 14.6 Å². The number of hydrogen-bond acceptors (Lipinski definition) is 10. The molecule has 0 spiro atoms. The molecule has 2 aromatic rings. The monoisotopic (exact) mass is 585 g/mol. The molecule has 2 heterocycles. The molecule has 6 atom stereocenters. The van der Waals surface area contributed by atoms with E-state index in [2.05, 4.69) is 5.09 Å². The number of carbonyl (C=O) groups is 1. The summed E-state index contributed by atoms with van der Waals surface area (Å²) >= 11 is 0. The van der Waals surface area contributed by atoms with Crippen LogP contribution >= 0.6 is 7.75 Å². The summed E-state index contributed by atoms with van der Waals surface area (Å²) in [5, 5.41) is 23.9. The lowest BCUT2D eigenvalue weighted by Gasteiger charge is -2.29. The molecule has 1 saturated heterocycles. The van der Waals surface area contributed by atoms with Crippen LogP contribution in [-0.2, 0) is 23.4 Å². The smallest absolute Gasteiger partial charge is 0.459 e. The van der Waals surface area contributed by atoms with Gasteiger partial charge in [-0.25, -0.2) is 13.8 Å². The molecule has 1 aliphatic heterocycles. The highest BCUT2D eigenvalue weighted by Gasteiger charge is 2.63. The van der Waals surface area contributed by atoms with Gasteiger partial charge in [0.1, 0.15) is 36.2 Å². The van der Waals surface area contributed by atoms with Crippen LogP contribution in [-0.4, -0.2) is 62.0 Å². The highest BCUT2D eigenvalue weighted by atomic mass is 31.2. The number of hydrogen-bond donors (Lipinski definition) is 4. The maximum Gasteiger partial charge on any atom is 0.459 e. The van der Waals surface area contributed by atoms with E-state index < -0.39 is 61.4 Å². The Labute approximate surface area is 228 Å². The maximum absolute atomic E-state index is 16.0. The SMILES string of the molecule is CC(NP(=O)(OC[C@@]1(F)O[C@@H](n2ccc(=O)[nH]c2=O)[C@](C)(O)[C@@H]1O)Oc1ccccc1)C(=O)OC1CCCCC1. The van der Waals surface area contributed by atoms with Crippen LogP contribution in [0.1, 0.15) is 52.2 Å². The van der Waals surface area contributed by atoms with Gasteiger partial charge in [0.05, 0.1) is 0 Å². The number of para-hydroxylation sites is 1. The van der Waals surface area contributed by atoms with Crippen molar-refractivity contribution in [3.05, 3.63) is 63.4 Å². The van der Waals surface area contributed by atoms with E-state index in [0.29, 0.717) is 17.4 Å². The molecule has 15 heteroatoms. The summed E-state index contributed by atoms with van der Waals surface area (Å²) in [4.78, 5) is 38.3. The average Bonchev–Trinajstić information content (AvgIpc) is 3.09. The van der Waals surface area contributed by atoms with Crippen molar-refractivity contribution in [3.63, 3.8) is 0 Å². The summed E-state index contributed by atoms with van der Waals surface area (Å²) in [7, 11) is -4.56. The summed E-state index contributed by atoms with van der Waals surface area (Å²) < 4.78 is 52.0. The quantitative estimate of drug-likeness (QED) is 0.236. The molecule has 0 bridgehead atoms. The topological polar surface area (TPSA) is 178 Å². The minimum Gasteiger partial charge on any atom is -0.461 e. The van der Waals surface area contributed by atoms with Crippen LogP contribution in [0.5, 0.6) is 5.75 Å². The minimum absolute atomic E-state index is 0.0663. The van der Waals surface area contributed by atoms with Gasteiger partial charge in [-0.2, -0.15) is 5.09 Å². The summed E-state index contributed by atoms with van der Waals surface area (Å²) in [6, 6.07) is 7.51. The molecule has 1 aromatic carbocycles. The molecule has 220 valence electrons. The zero-order chi connectivity index (χ0) is 29.1. The fraction of sp³-hybridized carbons (Fsp3) is 0.560. The fourth-order valence-corrected chi connectivity index (χ4v) is 6.13. The van der Waals surface area contributed by atoms with E-state index in [9.17, 15) is 29.2 Å². The van der Waals surface area contributed by atoms with Gasteiger partial charge in [0.25, 0.3) is 11.4 Å². The predicted molar refractivity (Wildman–Crippen MR) is 138 cm³/mol. The summed E-state index contributed by atoms with van der Waals surface area (Å²) in [5.74, 6) is -3.84. The number of aromatic amines is 1. The standard InChI is InChI=1S/C25H33FN3O10P/c1-16(20(31)37-17-9-5-3-6-10-17)28-40(35,39-18-11-7-4-8-12-18)36-15-25(26)21(32)24(2,34)22(38-25)29-14-13-19(30)27-23(29)33/h4,7-8,11-14,16-17,21-22,32,34H,3,5-6,9-10,15H2,1-2H3,(H,28,35)(H,27,30,33)/t16?,21-,22+,24+,25+,40?/m0/s1. The molecule has 1 aromatic heterocycles. The number of ether oxygens (including phenoxy) is 2. The zero-order valence-electron chi connectivity index (χ0n) is 22.0. The Morgan fingerprint density at radius 3 is 2.58 bits per heavy atom. The van der Waals surface area contributed by atoms with Gasteiger partial charge in [-0.3, -0.25) is 23.7 Å². The Kier molecular flexibility index (Phi) is 8.98. The van der Waals surface area contributed by atoms with Crippen LogP contribution in [0.15, 0.2) is 52.2 Å². The zero-order valence-corrected chi connectivity index (χ0v) is 22.9. The lowest BCUT2D eigenvalue weighted by molar-refractivity contribution is -0.204. The second-order valence-corrected chi connectivity index (χ2v) is 11.8. The molecule has 1 aliphatic carbocycles. The molecule has 2 aliphatic rings. The average molecular weight is 586 g/mol. The van der Waals surface area contributed by atoms with Gasteiger partial charge >= 0.3 is 19.4 Å². The van der Waals surface area contributed by atoms with E-state index in [4.69, 9.17) is 18.5 Å². The number of benzene rings is 1. The second kappa shape index (κ2) is 11.9. The van der Waals surface area contributed by atoms with Crippen LogP contribution in [0.2, 0.25) is 0 Å². The van der Waals surface area contributed by atoms with Crippen molar-refractivity contribution >= 4 is 13.7 Å². The first-order valence-electron chi connectivity index (χ1n) is 12.9. The van der Waals surface area contributed by atoms with Crippen molar-refractivity contribution in [2.45, 2.75) is 81.9 Å². The number of nitrogens with one attached hydrogen (secondary N) is 2. The van der Waals surface area contributed by atoms with Gasteiger partial charge in [0, 0.05) is 12.3 Å². The van der Waals surface area contributed by atoms with E-state index in [0.717, 1.165) is 38.4 Å². The molecular weight excluding hydrogens is 552 g/mol. The maximum atomic E-state index is 16.0. The fourth-order valence-electron chi connectivity index (χ4n) is 4.63. The van der Waals surface area contributed by atoms with Gasteiger partial charge in [0.15, 0.2) is 6.23 Å². The molecule has 4 rings (SSSR count). The van der Waals surface area contributed by atoms with Crippen LogP contribution < -0.4 is 20.9 Å². The Hall–Kier alpha value is -2.87. The lowest BCUT2D eigenvalue weighted by Crippen LogP contribution is -2.50. The Morgan fingerprint density at radius 1 is 1.25 bits per heavy atom. The Bertz CT molecular complexity index is 1350. The molecule has 4 N–H and O–H groups in total. The van der Waals surface area contributed by atoms with Crippen LogP contribution in [0.3, 0.4) is 0 Å². The number of aromatic nitrogens is 2. The molecule has 0 radical (unpaired) electrons. The molecule has 1 saturated carbocycles. The molecule has 0 amide bonds. The number of aliphatic hydroxyl groups excluding tert-OH is 1. The first-order chi connectivity index (χ1) is 18.8. The summed E-state index contributed by atoms with van der Waals surface area (Å²) in [6.07, 6.45) is 0.925. The highest BCUT2D eigenvalue weighted by Crippen LogP contribution is 2.50. The molecule has 2 unspecified atom stereocenters. The van der Waals surface area contributed by atoms with Gasteiger partial charge in [-0.15, -0.1) is 0 Å². The van der Waals surface area contributed by atoms with Crippen molar-refractivity contribution in [3.8, 4) is 5.75 Å². The van der Waals surface area contributed by atoms with E-state index in [-0.39, 0.29) is 11.9 Å². The van der Waals surface area contributed by atoms with Gasteiger partial charge in [0.2, 0.25) is 0 Å². The van der Waals surface area contributed by atoms with Crippen LogP contribution in [0, 0.1) is 0 Å². The predicted octanol–water partition coefficient (Wildman–Crippen LogP) is 1.90. The van der Waals surface area contributed by atoms with Crippen LogP contribution in [0.25, 0.3) is 0 Å². The van der Waals surface area contributed by atoms with Gasteiger partial charge in [-0.05, 0) is 51.7 Å². The first kappa shape index (κ1) is 30.1.